The van der Waals surface area contributed by atoms with Crippen molar-refractivity contribution in [3.05, 3.63) is 81.7 Å². The number of amides is 2. The molecule has 2 fully saturated rings. The summed E-state index contributed by atoms with van der Waals surface area (Å²) in [7, 11) is 1.33. The van der Waals surface area contributed by atoms with Gasteiger partial charge in [-0.2, -0.15) is 0 Å². The van der Waals surface area contributed by atoms with E-state index in [1.54, 1.807) is 18.7 Å². The van der Waals surface area contributed by atoms with Gasteiger partial charge in [-0.15, -0.1) is 0 Å². The molecule has 2 aromatic carbocycles. The molecule has 0 spiro atoms. The fourth-order valence-electron chi connectivity index (χ4n) is 8.65. The number of carbonyl (C=O) groups excluding carboxylic acids is 5. The number of fused-ring (bicyclic) bond motifs is 3. The number of hydrogen-bond acceptors (Lipinski definition) is 13. The number of nitrogens with one attached hydrogen (secondary N) is 1. The van der Waals surface area contributed by atoms with Crippen molar-refractivity contribution in [1.29, 1.82) is 0 Å². The molecular formula is C40H43N3O12. The number of aromatic nitrogens is 1. The number of aliphatic hydroxyl groups excluding tert-OH is 1. The van der Waals surface area contributed by atoms with Crippen LogP contribution < -0.4 is 10.1 Å². The number of phenols is 2. The predicted octanol–water partition coefficient (Wildman–Crippen LogP) is 2.52. The molecule has 0 radical (unpaired) electrons. The summed E-state index contributed by atoms with van der Waals surface area (Å²) in [6, 6.07) is 6.14. The highest BCUT2D eigenvalue weighted by atomic mass is 16.7. The van der Waals surface area contributed by atoms with E-state index in [0.717, 1.165) is 0 Å². The van der Waals surface area contributed by atoms with E-state index >= 15 is 0 Å². The van der Waals surface area contributed by atoms with Crippen LogP contribution in [0, 0.1) is 5.92 Å². The first-order chi connectivity index (χ1) is 26.2. The predicted molar refractivity (Wildman–Crippen MR) is 192 cm³/mol. The third kappa shape index (κ3) is 6.44. The lowest BCUT2D eigenvalue weighted by atomic mass is 9.72. The summed E-state index contributed by atoms with van der Waals surface area (Å²) in [5.74, 6) is -4.74. The van der Waals surface area contributed by atoms with E-state index in [0.29, 0.717) is 24.9 Å². The van der Waals surface area contributed by atoms with Crippen molar-refractivity contribution in [3.63, 3.8) is 0 Å². The standard InChI is InChI=1S/C40H43N3O12/c1-18(42-38(50)21-10-12-41-13-11-21)39(51)43-14-6-8-25(43)23-15-28(54-19(2)33(23)45)55-27-17-40(52,20(3)44)16-24-30(27)37(49)32-31(35(24)47)34(46)22-7-5-9-26(53-4)29(22)36(32)48/h5,7,9-13,18-19,23,25,27-28,33,45,47,49,52H,6,8,14-17H2,1-4H3,(H,42,50)/t18-,19+,23+,25-,27+,28+,33-,40+/m1/s1. The number of benzene rings is 2. The molecule has 4 aliphatic rings. The van der Waals surface area contributed by atoms with Crippen LogP contribution in [0.5, 0.6) is 17.2 Å². The molecule has 0 bridgehead atoms. The lowest BCUT2D eigenvalue weighted by molar-refractivity contribution is -0.261. The smallest absolute Gasteiger partial charge is 0.252 e. The Kier molecular flexibility index (Phi) is 10.0. The number of rotatable bonds is 8. The van der Waals surface area contributed by atoms with Crippen LogP contribution in [0.2, 0.25) is 0 Å². The molecule has 5 N–H and O–H groups in total. The van der Waals surface area contributed by atoms with Crippen LogP contribution in [0.1, 0.15) is 106 Å². The molecule has 15 heteroatoms. The van der Waals surface area contributed by atoms with Gasteiger partial charge in [0.1, 0.15) is 28.9 Å². The number of ketones is 3. The van der Waals surface area contributed by atoms with E-state index < -0.39 is 107 Å². The Morgan fingerprint density at radius 1 is 1.05 bits per heavy atom. The molecule has 15 nitrogen and oxygen atoms in total. The molecule has 1 aromatic heterocycles. The first-order valence-corrected chi connectivity index (χ1v) is 18.3. The number of methoxy groups -OCH3 is 1. The van der Waals surface area contributed by atoms with Crippen LogP contribution in [-0.4, -0.2) is 109 Å². The SMILES string of the molecule is COc1cccc2c1C(=O)c1c(O)c3c(c(O)c1C2=O)C[C@@](O)(C(C)=O)C[C@@H]3O[C@H]1C[C@@H]([C@H]2CCCN2C(=O)[C@@H](C)NC(=O)c2ccncc2)[C@H](O)[C@H](C)O1. The number of Topliss-reactive ketones (excluding diaryl/α,β-unsaturated/α-hetero) is 1. The maximum Gasteiger partial charge on any atom is 0.252 e. The van der Waals surface area contributed by atoms with Crippen LogP contribution >= 0.6 is 0 Å². The number of pyridine rings is 1. The number of ether oxygens (including phenoxy) is 3. The summed E-state index contributed by atoms with van der Waals surface area (Å²) >= 11 is 0. The molecule has 0 saturated carbocycles. The van der Waals surface area contributed by atoms with Crippen LogP contribution in [0.4, 0.5) is 0 Å². The Labute approximate surface area is 316 Å². The van der Waals surface area contributed by atoms with Crippen LogP contribution in [0.25, 0.3) is 0 Å². The summed E-state index contributed by atoms with van der Waals surface area (Å²) in [4.78, 5) is 72.8. The summed E-state index contributed by atoms with van der Waals surface area (Å²) in [5.41, 5.74) is -3.02. The van der Waals surface area contributed by atoms with Crippen molar-refractivity contribution in [2.24, 2.45) is 5.92 Å². The Bertz CT molecular complexity index is 2090. The minimum atomic E-state index is -2.09. The second kappa shape index (κ2) is 14.5. The maximum absolute atomic E-state index is 14.0. The lowest BCUT2D eigenvalue weighted by Gasteiger charge is -2.45. The summed E-state index contributed by atoms with van der Waals surface area (Å²) in [6.07, 6.45) is -0.978. The fourth-order valence-corrected chi connectivity index (χ4v) is 8.65. The van der Waals surface area contributed by atoms with Gasteiger partial charge in [0.25, 0.3) is 5.91 Å². The fraction of sp³-hybridized carbons (Fsp3) is 0.450. The molecule has 8 atom stereocenters. The molecule has 2 saturated heterocycles. The van der Waals surface area contributed by atoms with E-state index in [-0.39, 0.29) is 40.3 Å². The van der Waals surface area contributed by atoms with Gasteiger partial charge < -0.3 is 44.9 Å². The number of carbonyl (C=O) groups is 5. The van der Waals surface area contributed by atoms with Gasteiger partial charge in [0.2, 0.25) is 11.7 Å². The Balaban J connectivity index is 1.19. The number of aromatic hydroxyl groups is 2. The van der Waals surface area contributed by atoms with Crippen LogP contribution in [0.15, 0.2) is 42.7 Å². The van der Waals surface area contributed by atoms with E-state index in [4.69, 9.17) is 14.2 Å². The van der Waals surface area contributed by atoms with E-state index in [1.165, 1.54) is 56.8 Å². The first-order valence-electron chi connectivity index (χ1n) is 18.3. The van der Waals surface area contributed by atoms with Gasteiger partial charge in [-0.1, -0.05) is 12.1 Å². The average molecular weight is 758 g/mol. The number of nitrogens with zero attached hydrogens (tertiary/aromatic N) is 2. The second-order valence-corrected chi connectivity index (χ2v) is 14.8. The highest BCUT2D eigenvalue weighted by Crippen LogP contribution is 2.53. The number of phenolic OH excluding ortho intramolecular Hbond substituents is 2. The van der Waals surface area contributed by atoms with Gasteiger partial charge in [0.15, 0.2) is 17.9 Å². The largest absolute Gasteiger partial charge is 0.507 e. The van der Waals surface area contributed by atoms with Crippen molar-refractivity contribution in [3.8, 4) is 17.2 Å². The summed E-state index contributed by atoms with van der Waals surface area (Å²) in [6.45, 7) is 4.80. The highest BCUT2D eigenvalue weighted by molar-refractivity contribution is 6.31. The molecule has 0 unspecified atom stereocenters. The highest BCUT2D eigenvalue weighted by Gasteiger charge is 2.51. The van der Waals surface area contributed by atoms with Gasteiger partial charge in [-0.25, -0.2) is 0 Å². The van der Waals surface area contributed by atoms with Crippen molar-refractivity contribution in [2.75, 3.05) is 13.7 Å². The molecule has 3 aromatic rings. The van der Waals surface area contributed by atoms with Gasteiger partial charge in [0.05, 0.1) is 42.1 Å². The molecule has 55 heavy (non-hydrogen) atoms. The minimum Gasteiger partial charge on any atom is -0.507 e. The summed E-state index contributed by atoms with van der Waals surface area (Å²) < 4.78 is 17.9. The Morgan fingerprint density at radius 2 is 1.76 bits per heavy atom. The average Bonchev–Trinajstić information content (AvgIpc) is 3.65. The monoisotopic (exact) mass is 757 g/mol. The van der Waals surface area contributed by atoms with Crippen LogP contribution in [0.3, 0.4) is 0 Å². The van der Waals surface area contributed by atoms with Crippen molar-refractivity contribution >= 4 is 29.2 Å². The zero-order chi connectivity index (χ0) is 39.5. The zero-order valence-electron chi connectivity index (χ0n) is 30.8. The molecule has 2 amide bonds. The number of aliphatic hydroxyl groups is 2. The van der Waals surface area contributed by atoms with E-state index in [9.17, 15) is 44.4 Å². The van der Waals surface area contributed by atoms with Crippen molar-refractivity contribution in [1.82, 2.24) is 15.2 Å². The van der Waals surface area contributed by atoms with Crippen molar-refractivity contribution < 1.29 is 58.6 Å². The molecule has 2 aliphatic heterocycles. The lowest BCUT2D eigenvalue weighted by Crippen LogP contribution is -2.56. The van der Waals surface area contributed by atoms with E-state index in [1.807, 2.05) is 0 Å². The second-order valence-electron chi connectivity index (χ2n) is 14.8. The Morgan fingerprint density at radius 3 is 2.45 bits per heavy atom. The number of hydrogen-bond donors (Lipinski definition) is 5. The van der Waals surface area contributed by atoms with Gasteiger partial charge in [0, 0.05) is 72.4 Å². The normalized spacial score (nSPS) is 27.8. The minimum absolute atomic E-state index is 0.0434. The maximum atomic E-state index is 14.0. The molecule has 290 valence electrons. The van der Waals surface area contributed by atoms with Gasteiger partial charge in [-0.05, 0) is 51.8 Å². The summed E-state index contributed by atoms with van der Waals surface area (Å²) in [5, 5.41) is 49.3. The zero-order valence-corrected chi connectivity index (χ0v) is 30.8. The molecular weight excluding hydrogens is 714 g/mol. The first kappa shape index (κ1) is 38.1. The quantitative estimate of drug-likeness (QED) is 0.163. The van der Waals surface area contributed by atoms with Crippen LogP contribution in [-0.2, 0) is 25.5 Å². The van der Waals surface area contributed by atoms with Crippen molar-refractivity contribution in [2.45, 2.75) is 95.2 Å². The van der Waals surface area contributed by atoms with Gasteiger partial charge >= 0.3 is 0 Å². The molecule has 7 rings (SSSR count). The van der Waals surface area contributed by atoms with E-state index in [2.05, 4.69) is 10.3 Å². The third-order valence-corrected chi connectivity index (χ3v) is 11.5. The van der Waals surface area contributed by atoms with Gasteiger partial charge in [-0.3, -0.25) is 29.0 Å². The number of likely N-dealkylation sites (tertiary alicyclic amines) is 1. The topological polar surface area (TPSA) is 222 Å². The molecule has 3 heterocycles. The molecule has 2 aliphatic carbocycles. The third-order valence-electron chi connectivity index (χ3n) is 11.5. The Hall–Kier alpha value is -5.22.